The van der Waals surface area contributed by atoms with E-state index in [0.29, 0.717) is 18.7 Å². The Bertz CT molecular complexity index is 852. The number of aliphatic hydroxyl groups is 1. The number of pyridine rings is 1. The number of benzene rings is 1. The summed E-state index contributed by atoms with van der Waals surface area (Å²) in [4.78, 5) is 33.0. The van der Waals surface area contributed by atoms with Gasteiger partial charge in [-0.05, 0) is 17.7 Å². The Balaban J connectivity index is 1.67. The summed E-state index contributed by atoms with van der Waals surface area (Å²) in [7, 11) is 1.49. The number of rotatable bonds is 5. The number of aliphatic hydroxyl groups excluding tert-OH is 1. The molecule has 146 valence electrons. The molecule has 4 rings (SSSR count). The van der Waals surface area contributed by atoms with E-state index in [0.717, 1.165) is 5.56 Å². The predicted molar refractivity (Wildman–Crippen MR) is 102 cm³/mol. The normalized spacial score (nSPS) is 22.5. The highest BCUT2D eigenvalue weighted by atomic mass is 16.5. The molecular weight excluding hydrogens is 358 g/mol. The van der Waals surface area contributed by atoms with Gasteiger partial charge in [0.15, 0.2) is 0 Å². The molecule has 2 aliphatic rings. The Kier molecular flexibility index (Phi) is 4.87. The van der Waals surface area contributed by atoms with Crippen LogP contribution in [0.3, 0.4) is 0 Å². The number of carbonyl (C=O) groups excluding carboxylic acids is 2. The molecule has 0 radical (unpaired) electrons. The Labute approximate surface area is 163 Å². The molecule has 2 aliphatic heterocycles. The maximum absolute atomic E-state index is 13.2. The SMILES string of the molecule is COCC(=O)N1CC2(C1)[C@@H](c1ccccc1)[C@H](CO)N2C(=O)c1cccnc1. The molecule has 28 heavy (non-hydrogen) atoms. The third-order valence-corrected chi connectivity index (χ3v) is 5.80. The van der Waals surface area contributed by atoms with Gasteiger partial charge in [-0.25, -0.2) is 0 Å². The molecular formula is C21H23N3O4. The van der Waals surface area contributed by atoms with Gasteiger partial charge in [0.1, 0.15) is 6.61 Å². The first-order valence-corrected chi connectivity index (χ1v) is 9.28. The van der Waals surface area contributed by atoms with Crippen molar-refractivity contribution in [2.24, 2.45) is 0 Å². The zero-order valence-corrected chi connectivity index (χ0v) is 15.7. The standard InChI is InChI=1S/C21H23N3O4/c1-28-12-18(26)23-13-21(14-23)19(15-6-3-2-4-7-15)17(11-25)24(21)20(27)16-8-5-9-22-10-16/h2-10,17,19,25H,11-14H2,1H3/t17-,19-/m0/s1. The summed E-state index contributed by atoms with van der Waals surface area (Å²) in [6.45, 7) is 0.736. The van der Waals surface area contributed by atoms with Crippen molar-refractivity contribution in [3.63, 3.8) is 0 Å². The van der Waals surface area contributed by atoms with Crippen LogP contribution in [0.4, 0.5) is 0 Å². The van der Waals surface area contributed by atoms with Gasteiger partial charge in [0.25, 0.3) is 5.91 Å². The van der Waals surface area contributed by atoms with E-state index >= 15 is 0 Å². The maximum atomic E-state index is 13.2. The van der Waals surface area contributed by atoms with Crippen LogP contribution >= 0.6 is 0 Å². The van der Waals surface area contributed by atoms with E-state index in [1.165, 1.54) is 13.3 Å². The van der Waals surface area contributed by atoms with Crippen molar-refractivity contribution >= 4 is 11.8 Å². The Morgan fingerprint density at radius 3 is 2.57 bits per heavy atom. The third kappa shape index (κ3) is 2.78. The van der Waals surface area contributed by atoms with Crippen LogP contribution in [-0.4, -0.2) is 76.7 Å². The van der Waals surface area contributed by atoms with Crippen LogP contribution in [-0.2, 0) is 9.53 Å². The fourth-order valence-electron chi connectivity index (χ4n) is 4.62. The molecule has 7 nitrogen and oxygen atoms in total. The van der Waals surface area contributed by atoms with Gasteiger partial charge in [-0.3, -0.25) is 14.6 Å². The Morgan fingerprint density at radius 2 is 1.96 bits per heavy atom. The van der Waals surface area contributed by atoms with Crippen molar-refractivity contribution < 1.29 is 19.4 Å². The topological polar surface area (TPSA) is 83.0 Å². The first-order chi connectivity index (χ1) is 13.6. The van der Waals surface area contributed by atoms with E-state index in [9.17, 15) is 14.7 Å². The average molecular weight is 381 g/mol. The largest absolute Gasteiger partial charge is 0.394 e. The van der Waals surface area contributed by atoms with Crippen LogP contribution in [0.1, 0.15) is 21.8 Å². The summed E-state index contributed by atoms with van der Waals surface area (Å²) in [6, 6.07) is 13.0. The van der Waals surface area contributed by atoms with E-state index in [1.807, 2.05) is 30.3 Å². The summed E-state index contributed by atoms with van der Waals surface area (Å²) in [5.74, 6) is -0.301. The van der Waals surface area contributed by atoms with Crippen LogP contribution < -0.4 is 0 Å². The minimum Gasteiger partial charge on any atom is -0.394 e. The van der Waals surface area contributed by atoms with Gasteiger partial charge in [-0.15, -0.1) is 0 Å². The van der Waals surface area contributed by atoms with Gasteiger partial charge in [-0.1, -0.05) is 30.3 Å². The Morgan fingerprint density at radius 1 is 1.21 bits per heavy atom. The van der Waals surface area contributed by atoms with Crippen LogP contribution in [0, 0.1) is 0 Å². The molecule has 0 saturated carbocycles. The average Bonchev–Trinajstić information content (AvgIpc) is 2.68. The zero-order chi connectivity index (χ0) is 19.7. The number of hydrogen-bond acceptors (Lipinski definition) is 5. The number of ether oxygens (including phenoxy) is 1. The summed E-state index contributed by atoms with van der Waals surface area (Å²) >= 11 is 0. The highest BCUT2D eigenvalue weighted by molar-refractivity contribution is 5.96. The Hall–Kier alpha value is -2.77. The van der Waals surface area contributed by atoms with E-state index < -0.39 is 5.54 Å². The van der Waals surface area contributed by atoms with Gasteiger partial charge in [0, 0.05) is 38.5 Å². The molecule has 2 fully saturated rings. The van der Waals surface area contributed by atoms with Crippen LogP contribution in [0.15, 0.2) is 54.9 Å². The van der Waals surface area contributed by atoms with Crippen molar-refractivity contribution in [1.29, 1.82) is 0 Å². The van der Waals surface area contributed by atoms with E-state index in [4.69, 9.17) is 4.74 Å². The van der Waals surface area contributed by atoms with Crippen LogP contribution in [0.2, 0.25) is 0 Å². The summed E-state index contributed by atoms with van der Waals surface area (Å²) in [5, 5.41) is 10.1. The van der Waals surface area contributed by atoms with Gasteiger partial charge in [-0.2, -0.15) is 0 Å². The molecule has 2 atom stereocenters. The zero-order valence-electron chi connectivity index (χ0n) is 15.7. The third-order valence-electron chi connectivity index (χ3n) is 5.80. The van der Waals surface area contributed by atoms with Crippen LogP contribution in [0.5, 0.6) is 0 Å². The molecule has 2 amide bonds. The second-order valence-electron chi connectivity index (χ2n) is 7.34. The number of aromatic nitrogens is 1. The molecule has 0 unspecified atom stereocenters. The lowest BCUT2D eigenvalue weighted by molar-refractivity contribution is -0.180. The number of hydrogen-bond donors (Lipinski definition) is 1. The first-order valence-electron chi connectivity index (χ1n) is 9.28. The van der Waals surface area contributed by atoms with E-state index in [1.54, 1.807) is 28.1 Å². The molecule has 2 saturated heterocycles. The lowest BCUT2D eigenvalue weighted by Crippen LogP contribution is -2.86. The van der Waals surface area contributed by atoms with E-state index in [-0.39, 0.29) is 37.0 Å². The van der Waals surface area contributed by atoms with Gasteiger partial charge in [0.2, 0.25) is 5.91 Å². The molecule has 1 aromatic carbocycles. The van der Waals surface area contributed by atoms with Gasteiger partial charge in [0.05, 0.1) is 23.8 Å². The quantitative estimate of drug-likeness (QED) is 0.832. The van der Waals surface area contributed by atoms with Crippen LogP contribution in [0.25, 0.3) is 0 Å². The number of likely N-dealkylation sites (tertiary alicyclic amines) is 2. The monoisotopic (exact) mass is 381 g/mol. The lowest BCUT2D eigenvalue weighted by atomic mass is 9.60. The van der Waals surface area contributed by atoms with Crippen molar-refractivity contribution in [1.82, 2.24) is 14.8 Å². The number of amides is 2. The predicted octanol–water partition coefficient (Wildman–Crippen LogP) is 0.909. The second kappa shape index (κ2) is 7.33. The maximum Gasteiger partial charge on any atom is 0.256 e. The van der Waals surface area contributed by atoms with Crippen molar-refractivity contribution in [3.8, 4) is 0 Å². The highest BCUT2D eigenvalue weighted by Gasteiger charge is 2.68. The van der Waals surface area contributed by atoms with E-state index in [2.05, 4.69) is 4.98 Å². The molecule has 0 bridgehead atoms. The molecule has 2 aromatic rings. The highest BCUT2D eigenvalue weighted by Crippen LogP contribution is 2.54. The van der Waals surface area contributed by atoms with Crippen molar-refractivity contribution in [2.75, 3.05) is 33.4 Å². The molecule has 1 spiro atoms. The molecule has 0 aliphatic carbocycles. The fraction of sp³-hybridized carbons (Fsp3) is 0.381. The van der Waals surface area contributed by atoms with Gasteiger partial charge < -0.3 is 19.6 Å². The number of nitrogens with zero attached hydrogens (tertiary/aromatic N) is 3. The lowest BCUT2D eigenvalue weighted by Gasteiger charge is -2.70. The minimum atomic E-state index is -0.523. The van der Waals surface area contributed by atoms with Crippen molar-refractivity contribution in [2.45, 2.75) is 17.5 Å². The molecule has 3 heterocycles. The summed E-state index contributed by atoms with van der Waals surface area (Å²) in [5.41, 5.74) is 1.02. The summed E-state index contributed by atoms with van der Waals surface area (Å²) in [6.07, 6.45) is 3.15. The summed E-state index contributed by atoms with van der Waals surface area (Å²) < 4.78 is 4.96. The molecule has 1 N–H and O–H groups in total. The minimum absolute atomic E-state index is 0.0199. The molecule has 7 heteroatoms. The van der Waals surface area contributed by atoms with Gasteiger partial charge >= 0.3 is 0 Å². The first kappa shape index (κ1) is 18.6. The second-order valence-corrected chi connectivity index (χ2v) is 7.34. The smallest absolute Gasteiger partial charge is 0.256 e. The number of methoxy groups -OCH3 is 1. The fourth-order valence-corrected chi connectivity index (χ4v) is 4.62. The number of carbonyl (C=O) groups is 2. The molecule has 1 aromatic heterocycles. The van der Waals surface area contributed by atoms with Crippen molar-refractivity contribution in [3.05, 3.63) is 66.0 Å².